The summed E-state index contributed by atoms with van der Waals surface area (Å²) in [6.45, 7) is 0.381. The van der Waals surface area contributed by atoms with Crippen LogP contribution in [0.3, 0.4) is 0 Å². The monoisotopic (exact) mass is 352 g/mol. The van der Waals surface area contributed by atoms with Crippen molar-refractivity contribution < 1.29 is 9.53 Å². The van der Waals surface area contributed by atoms with Crippen molar-refractivity contribution in [3.8, 4) is 11.1 Å². The molecule has 0 aliphatic heterocycles. The van der Waals surface area contributed by atoms with Crippen LogP contribution in [0, 0.1) is 0 Å². The molecular weight excluding hydrogens is 332 g/mol. The summed E-state index contributed by atoms with van der Waals surface area (Å²) in [5.74, 6) is -0.0795. The predicted molar refractivity (Wildman–Crippen MR) is 107 cm³/mol. The predicted octanol–water partition coefficient (Wildman–Crippen LogP) is 5.07. The number of rotatable bonds is 3. The van der Waals surface area contributed by atoms with E-state index in [0.29, 0.717) is 13.0 Å². The maximum absolute atomic E-state index is 12.7. The van der Waals surface area contributed by atoms with Crippen molar-refractivity contribution in [3.05, 3.63) is 107 Å². The number of carbonyl (C=O) groups is 1. The number of allylic oxidation sites excluding steroid dienone is 1. The van der Waals surface area contributed by atoms with Gasteiger partial charge in [0.2, 0.25) is 0 Å². The third-order valence-electron chi connectivity index (χ3n) is 5.67. The van der Waals surface area contributed by atoms with Crippen molar-refractivity contribution in [3.63, 3.8) is 0 Å². The molecule has 0 heterocycles. The van der Waals surface area contributed by atoms with Crippen LogP contribution in [-0.2, 0) is 22.4 Å². The Hall–Kier alpha value is -3.13. The second-order valence-electron chi connectivity index (χ2n) is 7.20. The second kappa shape index (κ2) is 6.55. The van der Waals surface area contributed by atoms with E-state index >= 15 is 0 Å². The first-order chi connectivity index (χ1) is 13.3. The van der Waals surface area contributed by atoms with Crippen molar-refractivity contribution in [2.24, 2.45) is 0 Å². The van der Waals surface area contributed by atoms with Gasteiger partial charge in [-0.3, -0.25) is 0 Å². The number of hydrogen-bond acceptors (Lipinski definition) is 2. The highest BCUT2D eigenvalue weighted by Crippen LogP contribution is 2.44. The number of esters is 1. The highest BCUT2D eigenvalue weighted by molar-refractivity contribution is 5.89. The Balaban J connectivity index is 1.35. The van der Waals surface area contributed by atoms with E-state index in [1.54, 1.807) is 0 Å². The van der Waals surface area contributed by atoms with Gasteiger partial charge in [-0.2, -0.15) is 0 Å². The minimum atomic E-state index is -0.189. The third-order valence-corrected chi connectivity index (χ3v) is 5.67. The van der Waals surface area contributed by atoms with Crippen LogP contribution in [0.2, 0.25) is 0 Å². The zero-order valence-electron chi connectivity index (χ0n) is 15.0. The molecule has 2 aliphatic rings. The van der Waals surface area contributed by atoms with Gasteiger partial charge in [-0.1, -0.05) is 78.9 Å². The maximum atomic E-state index is 12.7. The Morgan fingerprint density at radius 2 is 1.41 bits per heavy atom. The van der Waals surface area contributed by atoms with Crippen LogP contribution in [0.1, 0.15) is 28.2 Å². The Bertz CT molecular complexity index is 1020. The Labute approximate surface area is 159 Å². The highest BCUT2D eigenvalue weighted by Gasteiger charge is 2.29. The van der Waals surface area contributed by atoms with Crippen molar-refractivity contribution in [1.82, 2.24) is 0 Å². The van der Waals surface area contributed by atoms with E-state index in [4.69, 9.17) is 4.74 Å². The minimum Gasteiger partial charge on any atom is -0.461 e. The van der Waals surface area contributed by atoms with Crippen molar-refractivity contribution >= 4 is 5.97 Å². The fraction of sp³-hybridized carbons (Fsp3) is 0.160. The molecule has 2 heteroatoms. The van der Waals surface area contributed by atoms with Gasteiger partial charge in [0.15, 0.2) is 0 Å². The standard InChI is InChI=1S/C25H20O2/c26-25(19-14-13-17-7-1-2-8-18(17)15-19)27-16-24-22-11-5-3-9-20(22)21-10-4-6-12-23(21)24/h1-12,14,24H,13,15-16H2. The summed E-state index contributed by atoms with van der Waals surface area (Å²) in [6.07, 6.45) is 3.48. The number of ether oxygens (including phenoxy) is 1. The molecule has 3 aromatic carbocycles. The quantitative estimate of drug-likeness (QED) is 0.615. The van der Waals surface area contributed by atoms with E-state index < -0.39 is 0 Å². The maximum Gasteiger partial charge on any atom is 0.334 e. The molecule has 0 saturated heterocycles. The molecule has 5 rings (SSSR count). The fourth-order valence-electron chi connectivity index (χ4n) is 4.29. The van der Waals surface area contributed by atoms with E-state index in [0.717, 1.165) is 12.0 Å². The molecule has 0 saturated carbocycles. The zero-order valence-corrected chi connectivity index (χ0v) is 15.0. The molecule has 0 radical (unpaired) electrons. The van der Waals surface area contributed by atoms with Gasteiger partial charge < -0.3 is 4.74 Å². The van der Waals surface area contributed by atoms with Crippen LogP contribution < -0.4 is 0 Å². The molecule has 3 aromatic rings. The molecule has 0 amide bonds. The lowest BCUT2D eigenvalue weighted by Crippen LogP contribution is -2.17. The van der Waals surface area contributed by atoms with E-state index in [2.05, 4.69) is 60.7 Å². The Morgan fingerprint density at radius 1 is 0.815 bits per heavy atom. The van der Waals surface area contributed by atoms with Gasteiger partial charge in [0.1, 0.15) is 6.61 Å². The molecule has 0 N–H and O–H groups in total. The molecule has 0 spiro atoms. The molecule has 2 aliphatic carbocycles. The summed E-state index contributed by atoms with van der Waals surface area (Å²) in [7, 11) is 0. The van der Waals surface area contributed by atoms with Crippen LogP contribution in [0.15, 0.2) is 84.4 Å². The second-order valence-corrected chi connectivity index (χ2v) is 7.20. The molecule has 0 aromatic heterocycles. The van der Waals surface area contributed by atoms with Gasteiger partial charge in [0, 0.05) is 17.9 Å². The molecule has 2 nitrogen and oxygen atoms in total. The largest absolute Gasteiger partial charge is 0.461 e. The molecule has 0 unspecified atom stereocenters. The van der Waals surface area contributed by atoms with Crippen LogP contribution in [0.5, 0.6) is 0 Å². The van der Waals surface area contributed by atoms with E-state index in [-0.39, 0.29) is 11.9 Å². The lowest BCUT2D eigenvalue weighted by Gasteiger charge is -2.18. The smallest absolute Gasteiger partial charge is 0.334 e. The van der Waals surface area contributed by atoms with Gasteiger partial charge in [-0.05, 0) is 39.8 Å². The fourth-order valence-corrected chi connectivity index (χ4v) is 4.29. The van der Waals surface area contributed by atoms with Crippen molar-refractivity contribution in [2.45, 2.75) is 18.8 Å². The molecular formula is C25H20O2. The normalized spacial score (nSPS) is 14.7. The topological polar surface area (TPSA) is 26.3 Å². The highest BCUT2D eigenvalue weighted by atomic mass is 16.5. The van der Waals surface area contributed by atoms with E-state index in [9.17, 15) is 4.79 Å². The molecule has 27 heavy (non-hydrogen) atoms. The van der Waals surface area contributed by atoms with Crippen LogP contribution in [-0.4, -0.2) is 12.6 Å². The molecule has 0 atom stereocenters. The number of carbonyl (C=O) groups excluding carboxylic acids is 1. The number of benzene rings is 3. The first-order valence-electron chi connectivity index (χ1n) is 9.42. The number of hydrogen-bond donors (Lipinski definition) is 0. The summed E-state index contributed by atoms with van der Waals surface area (Å²) in [6, 6.07) is 25.1. The first kappa shape index (κ1) is 16.1. The SMILES string of the molecule is O=C(OCC1c2ccccc2-c2ccccc21)C1=CCc2ccccc2C1. The van der Waals surface area contributed by atoms with Gasteiger partial charge in [0.05, 0.1) is 0 Å². The van der Waals surface area contributed by atoms with E-state index in [1.807, 2.05) is 18.2 Å². The molecule has 0 fully saturated rings. The summed E-state index contributed by atoms with van der Waals surface area (Å²) >= 11 is 0. The van der Waals surface area contributed by atoms with Gasteiger partial charge in [0.25, 0.3) is 0 Å². The first-order valence-corrected chi connectivity index (χ1v) is 9.42. The third kappa shape index (κ3) is 2.78. The van der Waals surface area contributed by atoms with Crippen LogP contribution >= 0.6 is 0 Å². The lowest BCUT2D eigenvalue weighted by molar-refractivity contribution is -0.139. The van der Waals surface area contributed by atoms with Gasteiger partial charge >= 0.3 is 5.97 Å². The average Bonchev–Trinajstić information content (AvgIpc) is 3.05. The van der Waals surface area contributed by atoms with Crippen LogP contribution in [0.25, 0.3) is 11.1 Å². The van der Waals surface area contributed by atoms with Gasteiger partial charge in [-0.15, -0.1) is 0 Å². The number of fused-ring (bicyclic) bond motifs is 4. The lowest BCUT2D eigenvalue weighted by atomic mass is 9.91. The summed E-state index contributed by atoms with van der Waals surface area (Å²) in [5, 5.41) is 0. The van der Waals surface area contributed by atoms with Crippen molar-refractivity contribution in [2.75, 3.05) is 6.61 Å². The summed E-state index contributed by atoms with van der Waals surface area (Å²) in [4.78, 5) is 12.7. The van der Waals surface area contributed by atoms with Crippen molar-refractivity contribution in [1.29, 1.82) is 0 Å². The molecule has 0 bridgehead atoms. The van der Waals surface area contributed by atoms with E-state index in [1.165, 1.54) is 33.4 Å². The molecule has 132 valence electrons. The Morgan fingerprint density at radius 3 is 2.11 bits per heavy atom. The summed E-state index contributed by atoms with van der Waals surface area (Å²) in [5.41, 5.74) is 8.29. The average molecular weight is 352 g/mol. The van der Waals surface area contributed by atoms with Gasteiger partial charge in [-0.25, -0.2) is 4.79 Å². The summed E-state index contributed by atoms with van der Waals surface area (Å²) < 4.78 is 5.79. The zero-order chi connectivity index (χ0) is 18.2. The Kier molecular flexibility index (Phi) is 3.90. The minimum absolute atomic E-state index is 0.109. The van der Waals surface area contributed by atoms with Crippen LogP contribution in [0.4, 0.5) is 0 Å².